The molecule has 0 aliphatic heterocycles. The molecule has 0 radical (unpaired) electrons. The molecule has 0 fully saturated rings. The summed E-state index contributed by atoms with van der Waals surface area (Å²) in [6.45, 7) is 1.91. The Morgan fingerprint density at radius 2 is 2.13 bits per heavy atom. The summed E-state index contributed by atoms with van der Waals surface area (Å²) < 4.78 is 4.64. The second-order valence-electron chi connectivity index (χ2n) is 3.14. The van der Waals surface area contributed by atoms with Crippen molar-refractivity contribution in [2.75, 3.05) is 7.11 Å². The van der Waals surface area contributed by atoms with Crippen molar-refractivity contribution in [1.29, 1.82) is 0 Å². The highest BCUT2D eigenvalue weighted by Crippen LogP contribution is 2.01. The van der Waals surface area contributed by atoms with E-state index >= 15 is 0 Å². The number of aliphatic imine (C=N–C) groups is 1. The second-order valence-corrected chi connectivity index (χ2v) is 3.14. The van der Waals surface area contributed by atoms with E-state index in [2.05, 4.69) is 9.73 Å². The minimum absolute atomic E-state index is 0.287. The summed E-state index contributed by atoms with van der Waals surface area (Å²) in [6.07, 6.45) is 2.35. The fourth-order valence-electron chi connectivity index (χ4n) is 1.18. The Bertz CT molecular complexity index is 333. The van der Waals surface area contributed by atoms with Gasteiger partial charge in [-0.1, -0.05) is 37.3 Å². The predicted molar refractivity (Wildman–Crippen MR) is 60.1 cm³/mol. The third-order valence-electron chi connectivity index (χ3n) is 2.06. The Kier molecular flexibility index (Phi) is 4.54. The Morgan fingerprint density at radius 3 is 2.67 bits per heavy atom. The van der Waals surface area contributed by atoms with Crippen LogP contribution in [-0.2, 0) is 9.53 Å². The first-order chi connectivity index (χ1) is 7.27. The SMILES string of the molecule is CCC(/N=C\c1ccccc1)C(=O)OC. The highest BCUT2D eigenvalue weighted by atomic mass is 16.5. The largest absolute Gasteiger partial charge is 0.467 e. The third-order valence-corrected chi connectivity index (χ3v) is 2.06. The zero-order chi connectivity index (χ0) is 11.1. The van der Waals surface area contributed by atoms with Gasteiger partial charge in [0.05, 0.1) is 7.11 Å². The van der Waals surface area contributed by atoms with Crippen LogP contribution in [0.15, 0.2) is 35.3 Å². The summed E-state index contributed by atoms with van der Waals surface area (Å²) in [5.74, 6) is -0.287. The third kappa shape index (κ3) is 3.54. The van der Waals surface area contributed by atoms with E-state index in [4.69, 9.17) is 0 Å². The fraction of sp³-hybridized carbons (Fsp3) is 0.333. The number of benzene rings is 1. The number of rotatable bonds is 4. The summed E-state index contributed by atoms with van der Waals surface area (Å²) >= 11 is 0. The molecule has 1 atom stereocenters. The monoisotopic (exact) mass is 205 g/mol. The predicted octanol–water partition coefficient (Wildman–Crippen LogP) is 2.06. The number of esters is 1. The van der Waals surface area contributed by atoms with Gasteiger partial charge >= 0.3 is 5.97 Å². The van der Waals surface area contributed by atoms with E-state index in [1.165, 1.54) is 7.11 Å². The molecule has 3 heteroatoms. The Morgan fingerprint density at radius 1 is 1.47 bits per heavy atom. The molecule has 1 unspecified atom stereocenters. The first kappa shape index (κ1) is 11.4. The minimum Gasteiger partial charge on any atom is -0.467 e. The van der Waals surface area contributed by atoms with Gasteiger partial charge < -0.3 is 4.74 Å². The fourth-order valence-corrected chi connectivity index (χ4v) is 1.18. The molecule has 0 aromatic heterocycles. The zero-order valence-corrected chi connectivity index (χ0v) is 9.01. The highest BCUT2D eigenvalue weighted by molar-refractivity contribution is 5.83. The normalized spacial score (nSPS) is 12.7. The molecule has 0 bridgehead atoms. The van der Waals surface area contributed by atoms with Crippen LogP contribution in [0.5, 0.6) is 0 Å². The van der Waals surface area contributed by atoms with Crippen molar-refractivity contribution in [2.45, 2.75) is 19.4 Å². The summed E-state index contributed by atoms with van der Waals surface area (Å²) in [6, 6.07) is 9.28. The minimum atomic E-state index is -0.393. The smallest absolute Gasteiger partial charge is 0.330 e. The van der Waals surface area contributed by atoms with Gasteiger partial charge in [0, 0.05) is 6.21 Å². The van der Waals surface area contributed by atoms with Crippen LogP contribution >= 0.6 is 0 Å². The van der Waals surface area contributed by atoms with Crippen LogP contribution in [-0.4, -0.2) is 25.3 Å². The Labute approximate surface area is 89.8 Å². The average Bonchev–Trinajstić information content (AvgIpc) is 2.31. The van der Waals surface area contributed by atoms with E-state index in [1.807, 2.05) is 37.3 Å². The molecule has 1 aromatic carbocycles. The second kappa shape index (κ2) is 5.96. The van der Waals surface area contributed by atoms with E-state index in [9.17, 15) is 4.79 Å². The molecule has 0 amide bonds. The van der Waals surface area contributed by atoms with E-state index < -0.39 is 6.04 Å². The number of methoxy groups -OCH3 is 1. The van der Waals surface area contributed by atoms with Crippen LogP contribution in [0.4, 0.5) is 0 Å². The molecule has 0 aliphatic carbocycles. The molecular weight excluding hydrogens is 190 g/mol. The first-order valence-electron chi connectivity index (χ1n) is 4.94. The number of nitrogens with zero attached hydrogens (tertiary/aromatic N) is 1. The lowest BCUT2D eigenvalue weighted by Crippen LogP contribution is -2.19. The lowest BCUT2D eigenvalue weighted by atomic mass is 10.2. The van der Waals surface area contributed by atoms with E-state index in [-0.39, 0.29) is 5.97 Å². The average molecular weight is 205 g/mol. The molecule has 0 heterocycles. The molecule has 80 valence electrons. The summed E-state index contributed by atoms with van der Waals surface area (Å²) in [5, 5.41) is 0. The Hall–Kier alpha value is -1.64. The molecule has 0 N–H and O–H groups in total. The summed E-state index contributed by atoms with van der Waals surface area (Å²) in [5.41, 5.74) is 0.986. The van der Waals surface area contributed by atoms with Crippen molar-refractivity contribution in [1.82, 2.24) is 0 Å². The molecule has 0 aliphatic rings. The first-order valence-corrected chi connectivity index (χ1v) is 4.94. The number of ether oxygens (including phenoxy) is 1. The molecular formula is C12H15NO2. The van der Waals surface area contributed by atoms with Crippen molar-refractivity contribution >= 4 is 12.2 Å². The van der Waals surface area contributed by atoms with Crippen LogP contribution in [0.1, 0.15) is 18.9 Å². The van der Waals surface area contributed by atoms with Crippen molar-refractivity contribution in [3.8, 4) is 0 Å². The zero-order valence-electron chi connectivity index (χ0n) is 9.01. The maximum atomic E-state index is 11.2. The summed E-state index contributed by atoms with van der Waals surface area (Å²) in [7, 11) is 1.38. The van der Waals surface area contributed by atoms with Gasteiger partial charge in [0.1, 0.15) is 6.04 Å². The summed E-state index contributed by atoms with van der Waals surface area (Å²) in [4.78, 5) is 15.4. The van der Waals surface area contributed by atoms with Crippen molar-refractivity contribution < 1.29 is 9.53 Å². The van der Waals surface area contributed by atoms with Gasteiger partial charge in [-0.15, -0.1) is 0 Å². The van der Waals surface area contributed by atoms with Crippen LogP contribution in [0.3, 0.4) is 0 Å². The standard InChI is InChI=1S/C12H15NO2/c1-3-11(12(14)15-2)13-9-10-7-5-4-6-8-10/h4-9,11H,3H2,1-2H3/b13-9-. The van der Waals surface area contributed by atoms with Gasteiger partial charge in [-0.05, 0) is 12.0 Å². The van der Waals surface area contributed by atoms with Gasteiger partial charge in [-0.3, -0.25) is 4.99 Å². The van der Waals surface area contributed by atoms with Crippen LogP contribution in [0.2, 0.25) is 0 Å². The van der Waals surface area contributed by atoms with Gasteiger partial charge in [0.25, 0.3) is 0 Å². The lowest BCUT2D eigenvalue weighted by Gasteiger charge is -2.06. The molecule has 1 rings (SSSR count). The number of hydrogen-bond donors (Lipinski definition) is 0. The van der Waals surface area contributed by atoms with Gasteiger partial charge in [-0.2, -0.15) is 0 Å². The van der Waals surface area contributed by atoms with Crippen molar-refractivity contribution in [2.24, 2.45) is 4.99 Å². The number of carbonyl (C=O) groups excluding carboxylic acids is 1. The number of hydrogen-bond acceptors (Lipinski definition) is 3. The van der Waals surface area contributed by atoms with Gasteiger partial charge in [0.2, 0.25) is 0 Å². The highest BCUT2D eigenvalue weighted by Gasteiger charge is 2.13. The molecule has 15 heavy (non-hydrogen) atoms. The molecule has 0 saturated carbocycles. The van der Waals surface area contributed by atoms with E-state index in [0.717, 1.165) is 5.56 Å². The van der Waals surface area contributed by atoms with E-state index in [1.54, 1.807) is 6.21 Å². The van der Waals surface area contributed by atoms with Crippen LogP contribution in [0.25, 0.3) is 0 Å². The van der Waals surface area contributed by atoms with Gasteiger partial charge in [0.15, 0.2) is 0 Å². The number of carbonyl (C=O) groups is 1. The van der Waals surface area contributed by atoms with Crippen molar-refractivity contribution in [3.05, 3.63) is 35.9 Å². The van der Waals surface area contributed by atoms with Crippen LogP contribution in [0, 0.1) is 0 Å². The Balaban J connectivity index is 2.67. The molecule has 3 nitrogen and oxygen atoms in total. The maximum absolute atomic E-state index is 11.2. The molecule has 1 aromatic rings. The maximum Gasteiger partial charge on any atom is 0.330 e. The quantitative estimate of drug-likeness (QED) is 0.557. The molecule has 0 saturated heterocycles. The lowest BCUT2D eigenvalue weighted by molar-refractivity contribution is -0.142. The van der Waals surface area contributed by atoms with Gasteiger partial charge in [-0.25, -0.2) is 4.79 Å². The van der Waals surface area contributed by atoms with E-state index in [0.29, 0.717) is 6.42 Å². The van der Waals surface area contributed by atoms with Crippen molar-refractivity contribution in [3.63, 3.8) is 0 Å². The topological polar surface area (TPSA) is 38.7 Å². The molecule has 0 spiro atoms. The van der Waals surface area contributed by atoms with Crippen LogP contribution < -0.4 is 0 Å².